The van der Waals surface area contributed by atoms with Gasteiger partial charge in [0, 0.05) is 19.7 Å². The van der Waals surface area contributed by atoms with E-state index in [9.17, 15) is 0 Å². The molecule has 1 saturated carbocycles. The monoisotopic (exact) mass is 223 g/mol. The molecular weight excluding hydrogens is 202 g/mol. The lowest BCUT2D eigenvalue weighted by Crippen LogP contribution is -2.25. The maximum Gasteiger partial charge on any atom is 0.124 e. The lowest BCUT2D eigenvalue weighted by molar-refractivity contribution is 0.184. The van der Waals surface area contributed by atoms with Crippen LogP contribution < -0.4 is 5.32 Å². The van der Waals surface area contributed by atoms with Gasteiger partial charge in [0.15, 0.2) is 0 Å². The van der Waals surface area contributed by atoms with Gasteiger partial charge in [0.2, 0.25) is 0 Å². The van der Waals surface area contributed by atoms with Gasteiger partial charge in [-0.15, -0.1) is 0 Å². The Labute approximate surface area is 97.0 Å². The number of hydrogen-bond acceptors (Lipinski definition) is 3. The van der Waals surface area contributed by atoms with Gasteiger partial charge in [-0.1, -0.05) is 6.92 Å². The first-order valence-corrected chi connectivity index (χ1v) is 6.10. The molecule has 1 aliphatic rings. The van der Waals surface area contributed by atoms with Gasteiger partial charge in [-0.25, -0.2) is 4.68 Å². The van der Waals surface area contributed by atoms with Crippen LogP contribution in [0.4, 0.5) is 5.82 Å². The third-order valence-corrected chi connectivity index (χ3v) is 3.06. The SMILES string of the molecule is CCC(COC)Nc1ccnn1CC1CC1. The summed E-state index contributed by atoms with van der Waals surface area (Å²) < 4.78 is 7.26. The number of ether oxygens (including phenoxy) is 1. The Balaban J connectivity index is 1.93. The van der Waals surface area contributed by atoms with Crippen LogP contribution in [0.1, 0.15) is 26.2 Å². The Morgan fingerprint density at radius 2 is 2.44 bits per heavy atom. The second-order valence-electron chi connectivity index (χ2n) is 4.55. The van der Waals surface area contributed by atoms with Crippen LogP contribution in [0.15, 0.2) is 12.3 Å². The number of rotatable bonds is 7. The topological polar surface area (TPSA) is 39.1 Å². The number of aromatic nitrogens is 2. The standard InChI is InChI=1S/C12H21N3O/c1-3-11(9-16-2)14-12-6-7-13-15(12)8-10-4-5-10/h6-7,10-11,14H,3-5,8-9H2,1-2H3. The highest BCUT2D eigenvalue weighted by Crippen LogP contribution is 2.31. The zero-order valence-corrected chi connectivity index (χ0v) is 10.1. The highest BCUT2D eigenvalue weighted by Gasteiger charge is 2.23. The number of nitrogens with one attached hydrogen (secondary N) is 1. The van der Waals surface area contributed by atoms with Crippen LogP contribution >= 0.6 is 0 Å². The molecule has 0 aromatic carbocycles. The smallest absolute Gasteiger partial charge is 0.124 e. The van der Waals surface area contributed by atoms with E-state index in [0.717, 1.165) is 31.3 Å². The van der Waals surface area contributed by atoms with Gasteiger partial charge >= 0.3 is 0 Å². The van der Waals surface area contributed by atoms with E-state index in [4.69, 9.17) is 4.74 Å². The molecule has 2 rings (SSSR count). The maximum atomic E-state index is 5.18. The van der Waals surface area contributed by atoms with Crippen molar-refractivity contribution in [3.63, 3.8) is 0 Å². The predicted molar refractivity (Wildman–Crippen MR) is 64.5 cm³/mol. The molecule has 90 valence electrons. The molecule has 0 bridgehead atoms. The van der Waals surface area contributed by atoms with E-state index in [1.807, 2.05) is 12.3 Å². The molecule has 1 aromatic rings. The van der Waals surface area contributed by atoms with Crippen molar-refractivity contribution in [1.82, 2.24) is 9.78 Å². The quantitative estimate of drug-likeness (QED) is 0.769. The van der Waals surface area contributed by atoms with Gasteiger partial charge in [-0.2, -0.15) is 5.10 Å². The van der Waals surface area contributed by atoms with Crippen LogP contribution in [0.25, 0.3) is 0 Å². The van der Waals surface area contributed by atoms with E-state index < -0.39 is 0 Å². The first-order valence-electron chi connectivity index (χ1n) is 6.10. The van der Waals surface area contributed by atoms with Crippen molar-refractivity contribution in [2.24, 2.45) is 5.92 Å². The molecule has 0 spiro atoms. The van der Waals surface area contributed by atoms with Crippen LogP contribution in [-0.2, 0) is 11.3 Å². The fourth-order valence-electron chi connectivity index (χ4n) is 1.82. The lowest BCUT2D eigenvalue weighted by Gasteiger charge is -2.18. The molecule has 1 atom stereocenters. The van der Waals surface area contributed by atoms with Gasteiger partial charge in [-0.3, -0.25) is 0 Å². The van der Waals surface area contributed by atoms with Gasteiger partial charge in [0.1, 0.15) is 5.82 Å². The number of methoxy groups -OCH3 is 1. The summed E-state index contributed by atoms with van der Waals surface area (Å²) in [5, 5.41) is 7.84. The van der Waals surface area contributed by atoms with Crippen molar-refractivity contribution in [3.05, 3.63) is 12.3 Å². The number of nitrogens with zero attached hydrogens (tertiary/aromatic N) is 2. The Kier molecular flexibility index (Phi) is 3.83. The molecule has 1 aliphatic carbocycles. The zero-order valence-electron chi connectivity index (χ0n) is 10.1. The number of anilines is 1. The molecule has 16 heavy (non-hydrogen) atoms. The zero-order chi connectivity index (χ0) is 11.4. The Morgan fingerprint density at radius 1 is 1.62 bits per heavy atom. The van der Waals surface area contributed by atoms with Crippen molar-refractivity contribution in [2.45, 2.75) is 38.8 Å². The van der Waals surface area contributed by atoms with Gasteiger partial charge in [0.05, 0.1) is 18.8 Å². The highest BCUT2D eigenvalue weighted by molar-refractivity contribution is 5.35. The van der Waals surface area contributed by atoms with E-state index in [1.165, 1.54) is 12.8 Å². The van der Waals surface area contributed by atoms with Crippen molar-refractivity contribution in [1.29, 1.82) is 0 Å². The second kappa shape index (κ2) is 5.34. The third kappa shape index (κ3) is 2.98. The summed E-state index contributed by atoms with van der Waals surface area (Å²) >= 11 is 0. The fraction of sp³-hybridized carbons (Fsp3) is 0.750. The molecule has 1 N–H and O–H groups in total. The van der Waals surface area contributed by atoms with Crippen molar-refractivity contribution < 1.29 is 4.74 Å². The minimum atomic E-state index is 0.375. The highest BCUT2D eigenvalue weighted by atomic mass is 16.5. The molecule has 1 fully saturated rings. The van der Waals surface area contributed by atoms with E-state index >= 15 is 0 Å². The maximum absolute atomic E-state index is 5.18. The molecule has 1 unspecified atom stereocenters. The summed E-state index contributed by atoms with van der Waals surface area (Å²) in [4.78, 5) is 0. The van der Waals surface area contributed by atoms with E-state index in [2.05, 4.69) is 22.0 Å². The normalized spacial score (nSPS) is 17.4. The van der Waals surface area contributed by atoms with Gasteiger partial charge < -0.3 is 10.1 Å². The summed E-state index contributed by atoms with van der Waals surface area (Å²) in [6.07, 6.45) is 5.63. The average Bonchev–Trinajstić information content (AvgIpc) is 2.99. The molecule has 4 heteroatoms. The average molecular weight is 223 g/mol. The van der Waals surface area contributed by atoms with E-state index in [1.54, 1.807) is 7.11 Å². The summed E-state index contributed by atoms with van der Waals surface area (Å²) in [6.45, 7) is 3.96. The van der Waals surface area contributed by atoms with Crippen LogP contribution in [0.5, 0.6) is 0 Å². The van der Waals surface area contributed by atoms with E-state index in [-0.39, 0.29) is 0 Å². The van der Waals surface area contributed by atoms with Crippen LogP contribution in [0.2, 0.25) is 0 Å². The van der Waals surface area contributed by atoms with Gasteiger partial charge in [-0.05, 0) is 25.2 Å². The minimum absolute atomic E-state index is 0.375. The fourth-order valence-corrected chi connectivity index (χ4v) is 1.82. The summed E-state index contributed by atoms with van der Waals surface area (Å²) in [5.74, 6) is 1.97. The van der Waals surface area contributed by atoms with Crippen molar-refractivity contribution in [2.75, 3.05) is 19.0 Å². The molecule has 4 nitrogen and oxygen atoms in total. The van der Waals surface area contributed by atoms with E-state index in [0.29, 0.717) is 6.04 Å². The summed E-state index contributed by atoms with van der Waals surface area (Å²) in [5.41, 5.74) is 0. The molecule has 0 amide bonds. The van der Waals surface area contributed by atoms with Gasteiger partial charge in [0.25, 0.3) is 0 Å². The Hall–Kier alpha value is -1.03. The Morgan fingerprint density at radius 3 is 3.06 bits per heavy atom. The second-order valence-corrected chi connectivity index (χ2v) is 4.55. The molecule has 1 heterocycles. The predicted octanol–water partition coefficient (Wildman–Crippen LogP) is 2.13. The van der Waals surface area contributed by atoms with Crippen LogP contribution in [-0.4, -0.2) is 29.5 Å². The lowest BCUT2D eigenvalue weighted by atomic mass is 10.2. The molecule has 0 aliphatic heterocycles. The molecule has 0 radical (unpaired) electrons. The minimum Gasteiger partial charge on any atom is -0.383 e. The molecular formula is C12H21N3O. The van der Waals surface area contributed by atoms with Crippen LogP contribution in [0.3, 0.4) is 0 Å². The van der Waals surface area contributed by atoms with Crippen LogP contribution in [0, 0.1) is 5.92 Å². The number of hydrogen-bond donors (Lipinski definition) is 1. The third-order valence-electron chi connectivity index (χ3n) is 3.06. The van der Waals surface area contributed by atoms with Crippen molar-refractivity contribution >= 4 is 5.82 Å². The largest absolute Gasteiger partial charge is 0.383 e. The first kappa shape index (κ1) is 11.5. The van der Waals surface area contributed by atoms with Crippen molar-refractivity contribution in [3.8, 4) is 0 Å². The molecule has 0 saturated heterocycles. The Bertz CT molecular complexity index is 320. The summed E-state index contributed by atoms with van der Waals surface area (Å²) in [6, 6.07) is 2.42. The first-order chi connectivity index (χ1) is 7.83. The molecule has 1 aromatic heterocycles. The summed E-state index contributed by atoms with van der Waals surface area (Å²) in [7, 11) is 1.74.